The Labute approximate surface area is 101 Å². The van der Waals surface area contributed by atoms with Crippen LogP contribution < -0.4 is 5.32 Å². The van der Waals surface area contributed by atoms with Gasteiger partial charge < -0.3 is 5.32 Å². The zero-order chi connectivity index (χ0) is 11.5. The van der Waals surface area contributed by atoms with Crippen LogP contribution in [0.3, 0.4) is 0 Å². The van der Waals surface area contributed by atoms with Crippen molar-refractivity contribution >= 4 is 11.6 Å². The quantitative estimate of drug-likeness (QED) is 0.824. The minimum absolute atomic E-state index is 0.199. The second-order valence-electron chi connectivity index (χ2n) is 4.46. The molecular weight excluding hydrogens is 225 g/mol. The number of nitrogens with one attached hydrogen (secondary N) is 1. The Morgan fingerprint density at radius 2 is 2.25 bits per heavy atom. The molecule has 1 N–H and O–H groups in total. The third-order valence-electron chi connectivity index (χ3n) is 3.06. The predicted molar refractivity (Wildman–Crippen MR) is 65.2 cm³/mol. The molecule has 1 fully saturated rings. The average molecular weight is 242 g/mol. The van der Waals surface area contributed by atoms with Crippen molar-refractivity contribution in [2.45, 2.75) is 32.2 Å². The van der Waals surface area contributed by atoms with Crippen molar-refractivity contribution in [3.05, 3.63) is 34.6 Å². The number of benzene rings is 1. The molecular formula is C13H17ClFN. The van der Waals surface area contributed by atoms with Crippen LogP contribution in [0.25, 0.3) is 0 Å². The van der Waals surface area contributed by atoms with E-state index in [1.54, 1.807) is 12.1 Å². The summed E-state index contributed by atoms with van der Waals surface area (Å²) < 4.78 is 13.4. The van der Waals surface area contributed by atoms with Crippen LogP contribution in [-0.4, -0.2) is 6.54 Å². The normalized spacial score (nSPS) is 17.4. The highest BCUT2D eigenvalue weighted by Crippen LogP contribution is 2.37. The molecule has 0 heterocycles. The van der Waals surface area contributed by atoms with E-state index < -0.39 is 0 Å². The molecule has 0 aliphatic heterocycles. The van der Waals surface area contributed by atoms with Crippen LogP contribution in [0.15, 0.2) is 18.2 Å². The molecule has 1 nitrogen and oxygen atoms in total. The van der Waals surface area contributed by atoms with Gasteiger partial charge in [-0.1, -0.05) is 37.4 Å². The first-order valence-electron chi connectivity index (χ1n) is 5.89. The molecule has 0 aromatic heterocycles. The highest BCUT2D eigenvalue weighted by molar-refractivity contribution is 6.30. The maximum atomic E-state index is 13.4. The van der Waals surface area contributed by atoms with Gasteiger partial charge in [0.2, 0.25) is 0 Å². The van der Waals surface area contributed by atoms with E-state index in [-0.39, 0.29) is 16.9 Å². The molecule has 0 spiro atoms. The molecule has 1 aromatic carbocycles. The van der Waals surface area contributed by atoms with E-state index in [4.69, 9.17) is 11.6 Å². The van der Waals surface area contributed by atoms with E-state index in [2.05, 4.69) is 12.2 Å². The van der Waals surface area contributed by atoms with Crippen molar-refractivity contribution in [1.29, 1.82) is 0 Å². The van der Waals surface area contributed by atoms with Crippen molar-refractivity contribution in [1.82, 2.24) is 5.32 Å². The van der Waals surface area contributed by atoms with Gasteiger partial charge in [-0.3, -0.25) is 0 Å². The van der Waals surface area contributed by atoms with Crippen LogP contribution >= 0.6 is 11.6 Å². The summed E-state index contributed by atoms with van der Waals surface area (Å²) in [5.74, 6) is 0.501. The maximum Gasteiger partial charge on any atom is 0.142 e. The Hall–Kier alpha value is -0.600. The molecule has 1 atom stereocenters. The largest absolute Gasteiger partial charge is 0.310 e. The Kier molecular flexibility index (Phi) is 3.82. The third kappa shape index (κ3) is 2.96. The molecule has 88 valence electrons. The SMILES string of the molecule is CCNC(CC1CC1)c1ccc(Cl)c(F)c1. The van der Waals surface area contributed by atoms with E-state index in [1.165, 1.54) is 12.8 Å². The topological polar surface area (TPSA) is 12.0 Å². The van der Waals surface area contributed by atoms with Crippen molar-refractivity contribution < 1.29 is 4.39 Å². The van der Waals surface area contributed by atoms with E-state index in [0.29, 0.717) is 0 Å². The van der Waals surface area contributed by atoms with Gasteiger partial charge in [0.15, 0.2) is 0 Å². The molecule has 0 amide bonds. The van der Waals surface area contributed by atoms with Crippen LogP contribution in [0.1, 0.15) is 37.8 Å². The van der Waals surface area contributed by atoms with Gasteiger partial charge in [0.05, 0.1) is 5.02 Å². The van der Waals surface area contributed by atoms with Gasteiger partial charge in [-0.2, -0.15) is 0 Å². The first kappa shape index (κ1) is 11.9. The van der Waals surface area contributed by atoms with Gasteiger partial charge >= 0.3 is 0 Å². The Balaban J connectivity index is 2.12. The molecule has 1 aromatic rings. The number of hydrogen-bond donors (Lipinski definition) is 1. The molecule has 3 heteroatoms. The van der Waals surface area contributed by atoms with Crippen LogP contribution in [-0.2, 0) is 0 Å². The third-order valence-corrected chi connectivity index (χ3v) is 3.37. The summed E-state index contributed by atoms with van der Waals surface area (Å²) >= 11 is 5.69. The fraction of sp³-hybridized carbons (Fsp3) is 0.538. The zero-order valence-corrected chi connectivity index (χ0v) is 10.2. The summed E-state index contributed by atoms with van der Waals surface area (Å²) in [4.78, 5) is 0. The lowest BCUT2D eigenvalue weighted by atomic mass is 10.0. The second-order valence-corrected chi connectivity index (χ2v) is 4.87. The molecule has 1 aliphatic carbocycles. The van der Waals surface area contributed by atoms with E-state index >= 15 is 0 Å². The lowest BCUT2D eigenvalue weighted by molar-refractivity contribution is 0.483. The van der Waals surface area contributed by atoms with Crippen LogP contribution in [0, 0.1) is 11.7 Å². The maximum absolute atomic E-state index is 13.4. The van der Waals surface area contributed by atoms with Gasteiger partial charge in [-0.15, -0.1) is 0 Å². The molecule has 0 saturated heterocycles. The van der Waals surface area contributed by atoms with E-state index in [0.717, 1.165) is 24.4 Å². The summed E-state index contributed by atoms with van der Waals surface area (Å²) in [6.45, 7) is 2.98. The smallest absolute Gasteiger partial charge is 0.142 e. The Morgan fingerprint density at radius 1 is 1.50 bits per heavy atom. The molecule has 0 bridgehead atoms. The zero-order valence-electron chi connectivity index (χ0n) is 9.47. The molecule has 1 saturated carbocycles. The van der Waals surface area contributed by atoms with E-state index in [1.807, 2.05) is 6.07 Å². The first-order valence-corrected chi connectivity index (χ1v) is 6.26. The standard InChI is InChI=1S/C13H17ClFN/c1-2-16-13(7-9-3-4-9)10-5-6-11(14)12(15)8-10/h5-6,8-9,13,16H,2-4,7H2,1H3. The monoisotopic (exact) mass is 241 g/mol. The average Bonchev–Trinajstić information content (AvgIpc) is 3.05. The molecule has 1 unspecified atom stereocenters. The Bertz CT molecular complexity index is 363. The predicted octanol–water partition coefficient (Wildman–Crippen LogP) is 3.93. The number of halogens is 2. The minimum atomic E-state index is -0.321. The second kappa shape index (κ2) is 5.15. The van der Waals surface area contributed by atoms with Crippen LogP contribution in [0.4, 0.5) is 4.39 Å². The lowest BCUT2D eigenvalue weighted by Crippen LogP contribution is -2.21. The van der Waals surface area contributed by atoms with Gasteiger partial charge in [0.1, 0.15) is 5.82 Å². The summed E-state index contributed by atoms with van der Waals surface area (Å²) in [5, 5.41) is 3.61. The van der Waals surface area contributed by atoms with Crippen molar-refractivity contribution in [2.75, 3.05) is 6.54 Å². The van der Waals surface area contributed by atoms with E-state index in [9.17, 15) is 4.39 Å². The van der Waals surface area contributed by atoms with Gasteiger partial charge in [-0.05, 0) is 36.6 Å². The van der Waals surface area contributed by atoms with Crippen LogP contribution in [0.5, 0.6) is 0 Å². The molecule has 16 heavy (non-hydrogen) atoms. The minimum Gasteiger partial charge on any atom is -0.310 e. The Morgan fingerprint density at radius 3 is 2.81 bits per heavy atom. The van der Waals surface area contributed by atoms with Crippen molar-refractivity contribution in [3.8, 4) is 0 Å². The molecule has 0 radical (unpaired) electrons. The van der Waals surface area contributed by atoms with Gasteiger partial charge in [0.25, 0.3) is 0 Å². The summed E-state index contributed by atoms with van der Waals surface area (Å²) in [6.07, 6.45) is 3.74. The molecule has 2 rings (SSSR count). The summed E-state index contributed by atoms with van der Waals surface area (Å²) in [5.41, 5.74) is 1.01. The van der Waals surface area contributed by atoms with Crippen LogP contribution in [0.2, 0.25) is 5.02 Å². The fourth-order valence-corrected chi connectivity index (χ4v) is 2.12. The van der Waals surface area contributed by atoms with Gasteiger partial charge in [-0.25, -0.2) is 4.39 Å². The number of rotatable bonds is 5. The highest BCUT2D eigenvalue weighted by atomic mass is 35.5. The summed E-state index contributed by atoms with van der Waals surface area (Å²) in [7, 11) is 0. The first-order chi connectivity index (χ1) is 7.70. The fourth-order valence-electron chi connectivity index (χ4n) is 2.00. The van der Waals surface area contributed by atoms with Crippen molar-refractivity contribution in [3.63, 3.8) is 0 Å². The van der Waals surface area contributed by atoms with Crippen molar-refractivity contribution in [2.24, 2.45) is 5.92 Å². The summed E-state index contributed by atoms with van der Waals surface area (Å²) in [6, 6.07) is 5.38. The number of hydrogen-bond acceptors (Lipinski definition) is 1. The highest BCUT2D eigenvalue weighted by Gasteiger charge is 2.26. The molecule has 1 aliphatic rings. The van der Waals surface area contributed by atoms with Gasteiger partial charge in [0, 0.05) is 6.04 Å². The lowest BCUT2D eigenvalue weighted by Gasteiger charge is -2.18.